The Kier molecular flexibility index (Phi) is 7.17. The molecule has 19 heavy (non-hydrogen) atoms. The largest absolute Gasteiger partial charge is 0.475 e. The summed E-state index contributed by atoms with van der Waals surface area (Å²) in [4.78, 5) is 10.7. The van der Waals surface area contributed by atoms with Crippen molar-refractivity contribution in [3.63, 3.8) is 0 Å². The second kappa shape index (κ2) is 8.68. The first-order valence-corrected chi connectivity index (χ1v) is 6.28. The monoisotopic (exact) mass is 271 g/mol. The smallest absolute Gasteiger partial charge is 0.371 e. The van der Waals surface area contributed by atoms with E-state index in [9.17, 15) is 4.79 Å². The van der Waals surface area contributed by atoms with Crippen molar-refractivity contribution >= 4 is 5.97 Å². The van der Waals surface area contributed by atoms with Crippen LogP contribution in [0.15, 0.2) is 16.5 Å². The number of carbonyl (C=O) groups is 1. The molecule has 0 bridgehead atoms. The van der Waals surface area contributed by atoms with Gasteiger partial charge in [0.15, 0.2) is 0 Å². The van der Waals surface area contributed by atoms with Gasteiger partial charge in [0.2, 0.25) is 5.76 Å². The molecule has 1 rings (SSSR count). The van der Waals surface area contributed by atoms with Crippen molar-refractivity contribution in [1.82, 2.24) is 5.32 Å². The lowest BCUT2D eigenvalue weighted by atomic mass is 10.2. The Morgan fingerprint density at radius 1 is 1.42 bits per heavy atom. The molecule has 0 radical (unpaired) electrons. The number of ether oxygens (including phenoxy) is 2. The minimum atomic E-state index is -1.05. The molecule has 1 heterocycles. The summed E-state index contributed by atoms with van der Waals surface area (Å²) in [5.41, 5.74) is 0. The molecule has 1 unspecified atom stereocenters. The lowest BCUT2D eigenvalue weighted by Crippen LogP contribution is -2.20. The minimum absolute atomic E-state index is 0.0212. The van der Waals surface area contributed by atoms with Gasteiger partial charge in [-0.05, 0) is 32.0 Å². The summed E-state index contributed by atoms with van der Waals surface area (Å²) < 4.78 is 15.4. The number of nitrogens with one attached hydrogen (secondary N) is 1. The molecule has 0 fully saturated rings. The predicted molar refractivity (Wildman–Crippen MR) is 69.4 cm³/mol. The van der Waals surface area contributed by atoms with Crippen LogP contribution in [0.2, 0.25) is 0 Å². The van der Waals surface area contributed by atoms with Crippen molar-refractivity contribution in [2.75, 3.05) is 33.5 Å². The van der Waals surface area contributed by atoms with E-state index in [0.29, 0.717) is 25.6 Å². The van der Waals surface area contributed by atoms with Crippen LogP contribution < -0.4 is 5.32 Å². The Morgan fingerprint density at radius 3 is 2.84 bits per heavy atom. The van der Waals surface area contributed by atoms with Gasteiger partial charge in [0.05, 0.1) is 19.3 Å². The molecule has 0 saturated carbocycles. The summed E-state index contributed by atoms with van der Waals surface area (Å²) >= 11 is 0. The van der Waals surface area contributed by atoms with Gasteiger partial charge in [0.1, 0.15) is 5.76 Å². The summed E-state index contributed by atoms with van der Waals surface area (Å²) in [7, 11) is 1.64. The number of hydrogen-bond donors (Lipinski definition) is 2. The van der Waals surface area contributed by atoms with Gasteiger partial charge in [0, 0.05) is 13.7 Å². The summed E-state index contributed by atoms with van der Waals surface area (Å²) in [5, 5.41) is 12.0. The third-order valence-electron chi connectivity index (χ3n) is 2.61. The number of furan rings is 1. The predicted octanol–water partition coefficient (Wildman–Crippen LogP) is 1.68. The van der Waals surface area contributed by atoms with Crippen molar-refractivity contribution in [3.05, 3.63) is 23.7 Å². The van der Waals surface area contributed by atoms with Crippen LogP contribution in [-0.4, -0.2) is 44.6 Å². The van der Waals surface area contributed by atoms with E-state index in [1.165, 1.54) is 6.07 Å². The summed E-state index contributed by atoms with van der Waals surface area (Å²) in [6, 6.07) is 3.12. The van der Waals surface area contributed by atoms with Crippen LogP contribution in [0, 0.1) is 0 Å². The van der Waals surface area contributed by atoms with Gasteiger partial charge in [-0.25, -0.2) is 4.79 Å². The van der Waals surface area contributed by atoms with Gasteiger partial charge in [-0.15, -0.1) is 0 Å². The molecule has 0 spiro atoms. The molecular weight excluding hydrogens is 250 g/mol. The zero-order chi connectivity index (χ0) is 14.1. The van der Waals surface area contributed by atoms with Gasteiger partial charge in [-0.2, -0.15) is 0 Å². The highest BCUT2D eigenvalue weighted by Crippen LogP contribution is 2.16. The minimum Gasteiger partial charge on any atom is -0.475 e. The average Bonchev–Trinajstić information content (AvgIpc) is 2.87. The molecule has 0 aliphatic carbocycles. The van der Waals surface area contributed by atoms with E-state index >= 15 is 0 Å². The van der Waals surface area contributed by atoms with Crippen molar-refractivity contribution < 1.29 is 23.8 Å². The third-order valence-corrected chi connectivity index (χ3v) is 2.61. The van der Waals surface area contributed by atoms with E-state index in [4.69, 9.17) is 19.0 Å². The highest BCUT2D eigenvalue weighted by Gasteiger charge is 2.13. The van der Waals surface area contributed by atoms with Gasteiger partial charge in [-0.3, -0.25) is 0 Å². The fourth-order valence-corrected chi connectivity index (χ4v) is 1.54. The van der Waals surface area contributed by atoms with Crippen molar-refractivity contribution in [3.8, 4) is 0 Å². The number of carboxylic acid groups (broad SMARTS) is 1. The summed E-state index contributed by atoms with van der Waals surface area (Å²) in [6.07, 6.45) is 0.876. The fraction of sp³-hybridized carbons (Fsp3) is 0.615. The zero-order valence-corrected chi connectivity index (χ0v) is 11.3. The van der Waals surface area contributed by atoms with Crippen LogP contribution in [0.25, 0.3) is 0 Å². The van der Waals surface area contributed by atoms with Crippen molar-refractivity contribution in [2.24, 2.45) is 0 Å². The van der Waals surface area contributed by atoms with Gasteiger partial charge in [-0.1, -0.05) is 0 Å². The lowest BCUT2D eigenvalue weighted by molar-refractivity contribution is 0.0659. The number of hydrogen-bond acceptors (Lipinski definition) is 5. The Morgan fingerprint density at radius 2 is 2.21 bits per heavy atom. The quantitative estimate of drug-likeness (QED) is 0.630. The van der Waals surface area contributed by atoms with E-state index in [2.05, 4.69) is 5.32 Å². The van der Waals surface area contributed by atoms with E-state index in [-0.39, 0.29) is 11.8 Å². The Labute approximate surface area is 112 Å². The highest BCUT2D eigenvalue weighted by molar-refractivity contribution is 5.84. The molecule has 1 atom stereocenters. The second-order valence-electron chi connectivity index (χ2n) is 4.14. The Hall–Kier alpha value is -1.37. The Balaban J connectivity index is 2.16. The lowest BCUT2D eigenvalue weighted by Gasteiger charge is -2.11. The molecule has 0 aliphatic rings. The number of rotatable bonds is 10. The topological polar surface area (TPSA) is 80.9 Å². The molecule has 6 nitrogen and oxygen atoms in total. The number of carboxylic acids is 1. The molecule has 108 valence electrons. The molecule has 0 amide bonds. The highest BCUT2D eigenvalue weighted by atomic mass is 16.5. The molecule has 2 N–H and O–H groups in total. The molecule has 0 aromatic carbocycles. The average molecular weight is 271 g/mol. The molecule has 0 aliphatic heterocycles. The standard InChI is InChI=1S/C13H21NO5/c1-10(11-4-5-12(19-11)13(15)16)14-6-3-7-18-9-8-17-2/h4-5,10,14H,3,6-9H2,1-2H3,(H,15,16). The van der Waals surface area contributed by atoms with Crippen molar-refractivity contribution in [1.29, 1.82) is 0 Å². The zero-order valence-electron chi connectivity index (χ0n) is 11.3. The van der Waals surface area contributed by atoms with E-state index < -0.39 is 5.97 Å². The number of aromatic carboxylic acids is 1. The van der Waals surface area contributed by atoms with E-state index in [1.807, 2.05) is 6.92 Å². The van der Waals surface area contributed by atoms with Gasteiger partial charge < -0.3 is 24.3 Å². The van der Waals surface area contributed by atoms with Crippen LogP contribution >= 0.6 is 0 Å². The maximum atomic E-state index is 10.7. The molecule has 1 aromatic rings. The summed E-state index contributed by atoms with van der Waals surface area (Å²) in [5.74, 6) is -0.464. The normalized spacial score (nSPS) is 12.5. The summed E-state index contributed by atoms with van der Waals surface area (Å²) in [6.45, 7) is 4.58. The van der Waals surface area contributed by atoms with Crippen molar-refractivity contribution in [2.45, 2.75) is 19.4 Å². The van der Waals surface area contributed by atoms with Gasteiger partial charge >= 0.3 is 5.97 Å². The second-order valence-corrected chi connectivity index (χ2v) is 4.14. The first-order chi connectivity index (χ1) is 9.15. The maximum Gasteiger partial charge on any atom is 0.371 e. The number of methoxy groups -OCH3 is 1. The van der Waals surface area contributed by atoms with Crippen LogP contribution in [-0.2, 0) is 9.47 Å². The first kappa shape index (κ1) is 15.7. The van der Waals surface area contributed by atoms with Gasteiger partial charge in [0.25, 0.3) is 0 Å². The van der Waals surface area contributed by atoms with E-state index in [1.54, 1.807) is 13.2 Å². The molecule has 1 aromatic heterocycles. The van der Waals surface area contributed by atoms with Crippen LogP contribution in [0.3, 0.4) is 0 Å². The molecule has 0 saturated heterocycles. The van der Waals surface area contributed by atoms with Crippen LogP contribution in [0.1, 0.15) is 35.7 Å². The SMILES string of the molecule is COCCOCCCNC(C)c1ccc(C(=O)O)o1. The maximum absolute atomic E-state index is 10.7. The first-order valence-electron chi connectivity index (χ1n) is 6.28. The van der Waals surface area contributed by atoms with E-state index in [0.717, 1.165) is 13.0 Å². The van der Waals surface area contributed by atoms with Crippen LogP contribution in [0.5, 0.6) is 0 Å². The van der Waals surface area contributed by atoms with Crippen LogP contribution in [0.4, 0.5) is 0 Å². The fourth-order valence-electron chi connectivity index (χ4n) is 1.54. The Bertz CT molecular complexity index is 377. The molecular formula is C13H21NO5. The third kappa shape index (κ3) is 5.87. The molecule has 6 heteroatoms.